The van der Waals surface area contributed by atoms with Gasteiger partial charge in [0.2, 0.25) is 0 Å². The number of halogens is 2. The summed E-state index contributed by atoms with van der Waals surface area (Å²) in [5, 5.41) is 0.333. The number of rotatable bonds is 2. The predicted molar refractivity (Wildman–Crippen MR) is 123 cm³/mol. The van der Waals surface area contributed by atoms with Gasteiger partial charge in [0.25, 0.3) is 5.56 Å². The maximum atomic E-state index is 13.1. The molecule has 168 valence electrons. The summed E-state index contributed by atoms with van der Waals surface area (Å²) < 4.78 is 6.69. The maximum Gasteiger partial charge on any atom is 0.334 e. The van der Waals surface area contributed by atoms with E-state index in [2.05, 4.69) is 21.9 Å². The molecule has 3 atom stereocenters. The van der Waals surface area contributed by atoms with Crippen molar-refractivity contribution in [1.29, 1.82) is 0 Å². The molecule has 2 aliphatic rings. The van der Waals surface area contributed by atoms with Crippen LogP contribution in [-0.2, 0) is 4.74 Å². The molecule has 0 radical (unpaired) electrons. The van der Waals surface area contributed by atoms with Crippen LogP contribution >= 0.6 is 23.2 Å². The third-order valence-corrected chi connectivity index (χ3v) is 7.19. The fraction of sp³-hybridized carbons (Fsp3) is 0.429. The Hall–Kier alpha value is -2.46. The minimum absolute atomic E-state index is 0.0180. The predicted octanol–water partition coefficient (Wildman–Crippen LogP) is 2.46. The van der Waals surface area contributed by atoms with Crippen LogP contribution in [0.4, 0.5) is 5.82 Å². The van der Waals surface area contributed by atoms with E-state index in [1.54, 1.807) is 12.1 Å². The summed E-state index contributed by atoms with van der Waals surface area (Å²) in [4.78, 5) is 39.2. The van der Waals surface area contributed by atoms with Crippen molar-refractivity contribution in [2.45, 2.75) is 38.5 Å². The molecule has 0 saturated carbocycles. The van der Waals surface area contributed by atoms with Crippen LogP contribution in [0.25, 0.3) is 16.9 Å². The van der Waals surface area contributed by atoms with E-state index in [0.717, 1.165) is 30.4 Å². The molecule has 9 nitrogen and oxygen atoms in total. The van der Waals surface area contributed by atoms with Crippen molar-refractivity contribution in [3.63, 3.8) is 0 Å². The second-order valence-electron chi connectivity index (χ2n) is 8.61. The van der Waals surface area contributed by atoms with Gasteiger partial charge in [0.05, 0.1) is 40.8 Å². The van der Waals surface area contributed by atoms with Crippen LogP contribution in [0.15, 0.2) is 34.0 Å². The van der Waals surface area contributed by atoms with Gasteiger partial charge in [-0.1, -0.05) is 29.3 Å². The van der Waals surface area contributed by atoms with Gasteiger partial charge in [-0.15, -0.1) is 0 Å². The van der Waals surface area contributed by atoms with Crippen molar-refractivity contribution in [3.8, 4) is 5.69 Å². The summed E-state index contributed by atoms with van der Waals surface area (Å²) in [5.74, 6) is 0.514. The number of nitrogens with two attached hydrogens (primary N) is 1. The van der Waals surface area contributed by atoms with E-state index in [1.807, 2.05) is 4.90 Å². The molecule has 0 amide bonds. The first kappa shape index (κ1) is 21.4. The van der Waals surface area contributed by atoms with Gasteiger partial charge in [0, 0.05) is 12.0 Å². The van der Waals surface area contributed by atoms with Crippen LogP contribution in [0.2, 0.25) is 10.0 Å². The Balaban J connectivity index is 1.51. The highest BCUT2D eigenvalue weighted by molar-refractivity contribution is 6.43. The van der Waals surface area contributed by atoms with Gasteiger partial charge >= 0.3 is 5.69 Å². The number of nitrogens with one attached hydrogen (secondary N) is 1. The number of fused-ring (bicyclic) bond motifs is 1. The standard InChI is InChI=1S/C21H22Cl2N6O3/c1-11-7-21(10-32-11)5-6-28(14(24)8-21)15-9-25-17-18(26-15)27-20(31)29(19(17)30)13-4-2-3-12(22)16(13)23/h2-4,9,11,14H,5-8,10,24H2,1H3,(H,26,27,31)/t11-,14-,21?/m0/s1. The zero-order valence-corrected chi connectivity index (χ0v) is 18.9. The van der Waals surface area contributed by atoms with Gasteiger partial charge in [0.1, 0.15) is 0 Å². The number of aromatic amines is 1. The summed E-state index contributed by atoms with van der Waals surface area (Å²) >= 11 is 12.3. The molecule has 2 aromatic heterocycles. The highest BCUT2D eigenvalue weighted by Crippen LogP contribution is 2.43. The lowest BCUT2D eigenvalue weighted by atomic mass is 9.75. The van der Waals surface area contributed by atoms with E-state index in [0.29, 0.717) is 12.4 Å². The molecule has 32 heavy (non-hydrogen) atoms. The van der Waals surface area contributed by atoms with E-state index in [9.17, 15) is 9.59 Å². The average Bonchev–Trinajstić information content (AvgIpc) is 3.10. The first-order valence-electron chi connectivity index (χ1n) is 10.4. The average molecular weight is 477 g/mol. The molecular weight excluding hydrogens is 455 g/mol. The van der Waals surface area contributed by atoms with Crippen molar-refractivity contribution in [2.24, 2.45) is 11.1 Å². The Labute approximate surface area is 193 Å². The van der Waals surface area contributed by atoms with Crippen LogP contribution in [0, 0.1) is 5.41 Å². The van der Waals surface area contributed by atoms with Crippen molar-refractivity contribution in [3.05, 3.63) is 55.3 Å². The van der Waals surface area contributed by atoms with E-state index in [-0.39, 0.29) is 44.6 Å². The van der Waals surface area contributed by atoms with Gasteiger partial charge in [0.15, 0.2) is 17.0 Å². The van der Waals surface area contributed by atoms with Crippen LogP contribution in [-0.4, -0.2) is 44.9 Å². The Bertz CT molecular complexity index is 1330. The number of benzene rings is 1. The molecule has 1 unspecified atom stereocenters. The Morgan fingerprint density at radius 2 is 2.09 bits per heavy atom. The first-order valence-corrected chi connectivity index (χ1v) is 11.1. The lowest BCUT2D eigenvalue weighted by Crippen LogP contribution is -2.52. The molecule has 1 spiro atoms. The number of anilines is 1. The Kier molecular flexibility index (Phi) is 5.24. The molecule has 0 aliphatic carbocycles. The van der Waals surface area contributed by atoms with Crippen LogP contribution in [0.3, 0.4) is 0 Å². The van der Waals surface area contributed by atoms with Crippen molar-refractivity contribution < 1.29 is 4.74 Å². The smallest absolute Gasteiger partial charge is 0.334 e. The number of H-pyrrole nitrogens is 1. The maximum absolute atomic E-state index is 13.1. The molecule has 4 heterocycles. The number of ether oxygens (including phenoxy) is 1. The third kappa shape index (κ3) is 3.49. The summed E-state index contributed by atoms with van der Waals surface area (Å²) in [6.45, 7) is 3.50. The Morgan fingerprint density at radius 3 is 2.81 bits per heavy atom. The molecule has 2 aliphatic heterocycles. The van der Waals surface area contributed by atoms with Gasteiger partial charge in [-0.25, -0.2) is 19.3 Å². The lowest BCUT2D eigenvalue weighted by molar-refractivity contribution is 0.0922. The Morgan fingerprint density at radius 1 is 1.28 bits per heavy atom. The number of hydrogen-bond donors (Lipinski definition) is 2. The van der Waals surface area contributed by atoms with E-state index in [4.69, 9.17) is 33.7 Å². The number of piperidine rings is 1. The first-order chi connectivity index (χ1) is 15.3. The molecule has 0 bridgehead atoms. The molecule has 3 N–H and O–H groups in total. The van der Waals surface area contributed by atoms with Crippen molar-refractivity contribution in [1.82, 2.24) is 19.5 Å². The fourth-order valence-electron chi connectivity index (χ4n) is 4.83. The molecule has 3 aromatic rings. The SMILES string of the molecule is C[C@H]1CC2(CCN(c3cnc4c(=O)n(-c5cccc(Cl)c5Cl)c(=O)[nH]c4n3)[C@H](N)C2)CO1. The van der Waals surface area contributed by atoms with E-state index < -0.39 is 11.2 Å². The zero-order chi connectivity index (χ0) is 22.6. The van der Waals surface area contributed by atoms with E-state index >= 15 is 0 Å². The minimum atomic E-state index is -0.683. The fourth-order valence-corrected chi connectivity index (χ4v) is 5.21. The summed E-state index contributed by atoms with van der Waals surface area (Å²) in [6.07, 6.45) is 4.20. The zero-order valence-electron chi connectivity index (χ0n) is 17.3. The normalized spacial score (nSPS) is 25.7. The lowest BCUT2D eigenvalue weighted by Gasteiger charge is -2.43. The quantitative estimate of drug-likeness (QED) is 0.582. The molecule has 1 aromatic carbocycles. The summed E-state index contributed by atoms with van der Waals surface area (Å²) in [6, 6.07) is 4.72. The van der Waals surface area contributed by atoms with Gasteiger partial charge in [-0.2, -0.15) is 0 Å². The van der Waals surface area contributed by atoms with Crippen LogP contribution in [0.5, 0.6) is 0 Å². The number of hydrogen-bond acceptors (Lipinski definition) is 7. The second kappa shape index (κ2) is 7.84. The van der Waals surface area contributed by atoms with Gasteiger partial charge < -0.3 is 15.4 Å². The topological polar surface area (TPSA) is 119 Å². The van der Waals surface area contributed by atoms with Crippen LogP contribution in [0.1, 0.15) is 26.2 Å². The highest BCUT2D eigenvalue weighted by Gasteiger charge is 2.44. The second-order valence-corrected chi connectivity index (χ2v) is 9.39. The van der Waals surface area contributed by atoms with Crippen molar-refractivity contribution >= 4 is 40.2 Å². The molecule has 2 saturated heterocycles. The monoisotopic (exact) mass is 476 g/mol. The van der Waals surface area contributed by atoms with E-state index in [1.165, 1.54) is 12.3 Å². The van der Waals surface area contributed by atoms with Gasteiger partial charge in [-0.3, -0.25) is 9.78 Å². The number of aromatic nitrogens is 4. The molecular formula is C21H22Cl2N6O3. The number of nitrogens with zero attached hydrogens (tertiary/aromatic N) is 4. The molecule has 11 heteroatoms. The summed E-state index contributed by atoms with van der Waals surface area (Å²) in [7, 11) is 0. The highest BCUT2D eigenvalue weighted by atomic mass is 35.5. The molecule has 5 rings (SSSR count). The largest absolute Gasteiger partial charge is 0.378 e. The van der Waals surface area contributed by atoms with Crippen LogP contribution < -0.4 is 21.9 Å². The van der Waals surface area contributed by atoms with Gasteiger partial charge in [-0.05, 0) is 38.3 Å². The minimum Gasteiger partial charge on any atom is -0.378 e. The third-order valence-electron chi connectivity index (χ3n) is 6.38. The summed E-state index contributed by atoms with van der Waals surface area (Å²) in [5.41, 5.74) is 5.55. The van der Waals surface area contributed by atoms with Crippen molar-refractivity contribution in [2.75, 3.05) is 18.1 Å². The molecule has 2 fully saturated rings.